The fraction of sp³-hybridized carbons (Fsp3) is 0.167. The normalized spacial score (nSPS) is 11.4. The maximum atomic E-state index is 12.3. The molecule has 0 aliphatic carbocycles. The van der Waals surface area contributed by atoms with Crippen LogP contribution in [0.5, 0.6) is 0 Å². The van der Waals surface area contributed by atoms with Gasteiger partial charge in [-0.05, 0) is 42.5 Å². The Morgan fingerprint density at radius 1 is 1.18 bits per heavy atom. The lowest BCUT2D eigenvalue weighted by atomic mass is 10.2. The second-order valence-corrected chi connectivity index (χ2v) is 7.93. The standard InChI is InChI=1S/C18H17ClN4O4S/c1-2-21-28(25,26)15-5-3-4-13(10-15)18(24)20-11-16-22-17(23-27-16)12-6-8-14(19)9-7-12/h3-10,21H,2,11H2,1H3,(H,20,24). The number of benzene rings is 2. The summed E-state index contributed by atoms with van der Waals surface area (Å²) in [6.45, 7) is 1.94. The van der Waals surface area contributed by atoms with E-state index < -0.39 is 15.9 Å². The predicted octanol–water partition coefficient (Wildman–Crippen LogP) is 2.62. The average Bonchev–Trinajstić information content (AvgIpc) is 3.16. The lowest BCUT2D eigenvalue weighted by Crippen LogP contribution is -2.25. The number of rotatable bonds is 7. The highest BCUT2D eigenvalue weighted by atomic mass is 35.5. The molecule has 1 amide bonds. The van der Waals surface area contributed by atoms with Crippen LogP contribution >= 0.6 is 11.6 Å². The molecule has 3 aromatic rings. The first kappa shape index (κ1) is 20.0. The largest absolute Gasteiger partial charge is 0.343 e. The predicted molar refractivity (Wildman–Crippen MR) is 103 cm³/mol. The molecule has 0 saturated heterocycles. The van der Waals surface area contributed by atoms with Crippen LogP contribution in [0.3, 0.4) is 0 Å². The molecule has 0 spiro atoms. The first-order chi connectivity index (χ1) is 13.4. The third-order valence-corrected chi connectivity index (χ3v) is 5.51. The summed E-state index contributed by atoms with van der Waals surface area (Å²) in [5.41, 5.74) is 0.934. The fourth-order valence-corrected chi connectivity index (χ4v) is 3.59. The van der Waals surface area contributed by atoms with E-state index in [1.807, 2.05) is 0 Å². The van der Waals surface area contributed by atoms with E-state index >= 15 is 0 Å². The monoisotopic (exact) mass is 420 g/mol. The Hall–Kier alpha value is -2.75. The van der Waals surface area contributed by atoms with Gasteiger partial charge in [0, 0.05) is 22.7 Å². The number of hydrogen-bond donors (Lipinski definition) is 2. The van der Waals surface area contributed by atoms with Gasteiger partial charge in [0.1, 0.15) is 0 Å². The zero-order chi connectivity index (χ0) is 20.1. The lowest BCUT2D eigenvalue weighted by molar-refractivity contribution is 0.0946. The van der Waals surface area contributed by atoms with Gasteiger partial charge in [-0.1, -0.05) is 29.7 Å². The summed E-state index contributed by atoms with van der Waals surface area (Å²) in [6, 6.07) is 12.7. The van der Waals surface area contributed by atoms with E-state index in [9.17, 15) is 13.2 Å². The quantitative estimate of drug-likeness (QED) is 0.607. The van der Waals surface area contributed by atoms with Gasteiger partial charge in [0.15, 0.2) is 0 Å². The Labute approximate surface area is 167 Å². The molecule has 0 saturated carbocycles. The number of halogens is 1. The Balaban J connectivity index is 1.67. The Bertz CT molecular complexity index is 1080. The number of hydrogen-bond acceptors (Lipinski definition) is 6. The Kier molecular flexibility index (Phi) is 6.08. The van der Waals surface area contributed by atoms with Crippen molar-refractivity contribution in [3.8, 4) is 11.4 Å². The van der Waals surface area contributed by atoms with E-state index in [0.29, 0.717) is 10.8 Å². The summed E-state index contributed by atoms with van der Waals surface area (Å²) in [4.78, 5) is 16.6. The van der Waals surface area contributed by atoms with Crippen molar-refractivity contribution >= 4 is 27.5 Å². The third-order valence-electron chi connectivity index (χ3n) is 3.71. The van der Waals surface area contributed by atoms with Gasteiger partial charge in [0.2, 0.25) is 21.7 Å². The molecule has 2 aromatic carbocycles. The molecular formula is C18H17ClN4O4S. The van der Waals surface area contributed by atoms with E-state index in [2.05, 4.69) is 20.2 Å². The molecular weight excluding hydrogens is 404 g/mol. The first-order valence-electron chi connectivity index (χ1n) is 8.35. The molecule has 10 heteroatoms. The van der Waals surface area contributed by atoms with Crippen LogP contribution in [-0.4, -0.2) is 31.0 Å². The Morgan fingerprint density at radius 3 is 2.64 bits per heavy atom. The molecule has 0 unspecified atom stereocenters. The van der Waals surface area contributed by atoms with Crippen molar-refractivity contribution in [1.29, 1.82) is 0 Å². The van der Waals surface area contributed by atoms with Gasteiger partial charge in [-0.3, -0.25) is 4.79 Å². The number of sulfonamides is 1. The number of nitrogens with zero attached hydrogens (tertiary/aromatic N) is 2. The highest BCUT2D eigenvalue weighted by Gasteiger charge is 2.16. The molecule has 0 bridgehead atoms. The molecule has 3 rings (SSSR count). The molecule has 0 radical (unpaired) electrons. The second-order valence-electron chi connectivity index (χ2n) is 5.73. The maximum absolute atomic E-state index is 12.3. The smallest absolute Gasteiger partial charge is 0.251 e. The number of carbonyl (C=O) groups excluding carboxylic acids is 1. The number of carbonyl (C=O) groups is 1. The van der Waals surface area contributed by atoms with Gasteiger partial charge in [0.25, 0.3) is 5.91 Å². The van der Waals surface area contributed by atoms with Crippen molar-refractivity contribution in [3.63, 3.8) is 0 Å². The van der Waals surface area contributed by atoms with Crippen LogP contribution in [0, 0.1) is 0 Å². The minimum atomic E-state index is -3.64. The molecule has 0 atom stereocenters. The average molecular weight is 421 g/mol. The van der Waals surface area contributed by atoms with Gasteiger partial charge in [-0.15, -0.1) is 0 Å². The molecule has 28 heavy (non-hydrogen) atoms. The minimum Gasteiger partial charge on any atom is -0.343 e. The molecule has 2 N–H and O–H groups in total. The van der Waals surface area contributed by atoms with Gasteiger partial charge in [-0.2, -0.15) is 4.98 Å². The van der Waals surface area contributed by atoms with Crippen LogP contribution in [0.2, 0.25) is 5.02 Å². The van der Waals surface area contributed by atoms with E-state index in [1.165, 1.54) is 24.3 Å². The van der Waals surface area contributed by atoms with Crippen molar-refractivity contribution in [2.75, 3.05) is 6.54 Å². The van der Waals surface area contributed by atoms with Crippen molar-refractivity contribution < 1.29 is 17.7 Å². The van der Waals surface area contributed by atoms with Gasteiger partial charge < -0.3 is 9.84 Å². The molecule has 0 fully saturated rings. The Morgan fingerprint density at radius 2 is 1.93 bits per heavy atom. The SMILES string of the molecule is CCNS(=O)(=O)c1cccc(C(=O)NCc2nc(-c3ccc(Cl)cc3)no2)c1. The van der Waals surface area contributed by atoms with E-state index in [-0.39, 0.29) is 29.4 Å². The summed E-state index contributed by atoms with van der Waals surface area (Å²) in [7, 11) is -3.64. The fourth-order valence-electron chi connectivity index (χ4n) is 2.38. The number of amides is 1. The third kappa shape index (κ3) is 4.75. The highest BCUT2D eigenvalue weighted by Crippen LogP contribution is 2.18. The van der Waals surface area contributed by atoms with Crippen LogP contribution in [0.15, 0.2) is 57.9 Å². The van der Waals surface area contributed by atoms with Gasteiger partial charge in [0.05, 0.1) is 11.4 Å². The highest BCUT2D eigenvalue weighted by molar-refractivity contribution is 7.89. The maximum Gasteiger partial charge on any atom is 0.251 e. The molecule has 1 heterocycles. The van der Waals surface area contributed by atoms with Crippen molar-refractivity contribution in [2.45, 2.75) is 18.4 Å². The molecule has 146 valence electrons. The van der Waals surface area contributed by atoms with Crippen LogP contribution in [0.1, 0.15) is 23.2 Å². The second kappa shape index (κ2) is 8.51. The zero-order valence-electron chi connectivity index (χ0n) is 14.8. The lowest BCUT2D eigenvalue weighted by Gasteiger charge is -2.07. The summed E-state index contributed by atoms with van der Waals surface area (Å²) < 4.78 is 31.6. The number of aromatic nitrogens is 2. The van der Waals surface area contributed by atoms with E-state index in [0.717, 1.165) is 5.56 Å². The summed E-state index contributed by atoms with van der Waals surface area (Å²) >= 11 is 5.85. The minimum absolute atomic E-state index is 0.00358. The topological polar surface area (TPSA) is 114 Å². The van der Waals surface area contributed by atoms with Crippen molar-refractivity contribution in [3.05, 3.63) is 65.0 Å². The summed E-state index contributed by atoms with van der Waals surface area (Å²) in [5.74, 6) is 0.133. The first-order valence-corrected chi connectivity index (χ1v) is 10.2. The number of nitrogens with one attached hydrogen (secondary N) is 2. The van der Waals surface area contributed by atoms with Crippen LogP contribution in [0.25, 0.3) is 11.4 Å². The van der Waals surface area contributed by atoms with E-state index in [4.69, 9.17) is 16.1 Å². The molecule has 1 aromatic heterocycles. The van der Waals surface area contributed by atoms with Gasteiger partial charge in [-0.25, -0.2) is 13.1 Å². The zero-order valence-corrected chi connectivity index (χ0v) is 16.4. The van der Waals surface area contributed by atoms with Crippen LogP contribution in [0.4, 0.5) is 0 Å². The van der Waals surface area contributed by atoms with Crippen LogP contribution in [-0.2, 0) is 16.6 Å². The van der Waals surface area contributed by atoms with Crippen molar-refractivity contribution in [1.82, 2.24) is 20.2 Å². The molecule has 0 aliphatic rings. The molecule has 8 nitrogen and oxygen atoms in total. The summed E-state index contributed by atoms with van der Waals surface area (Å²) in [6.07, 6.45) is 0. The summed E-state index contributed by atoms with van der Waals surface area (Å²) in [5, 5.41) is 7.09. The van der Waals surface area contributed by atoms with Crippen molar-refractivity contribution in [2.24, 2.45) is 0 Å². The van der Waals surface area contributed by atoms with E-state index in [1.54, 1.807) is 31.2 Å². The molecule has 0 aliphatic heterocycles. The van der Waals surface area contributed by atoms with Gasteiger partial charge >= 0.3 is 0 Å². The van der Waals surface area contributed by atoms with Crippen LogP contribution < -0.4 is 10.0 Å².